The van der Waals surface area contributed by atoms with E-state index in [4.69, 9.17) is 24.8 Å². The van der Waals surface area contributed by atoms with Gasteiger partial charge in [0, 0.05) is 44.0 Å². The van der Waals surface area contributed by atoms with Crippen molar-refractivity contribution in [1.82, 2.24) is 24.8 Å². The summed E-state index contributed by atoms with van der Waals surface area (Å²) in [6, 6.07) is 4.49. The summed E-state index contributed by atoms with van der Waals surface area (Å²) in [5.74, 6) is 1.85. The number of piperazine rings is 1. The van der Waals surface area contributed by atoms with Crippen molar-refractivity contribution in [2.75, 3.05) is 38.1 Å². The molecule has 168 valence electrons. The van der Waals surface area contributed by atoms with Gasteiger partial charge in [0.15, 0.2) is 5.82 Å². The molecule has 0 amide bonds. The molecule has 4 rings (SSSR count). The van der Waals surface area contributed by atoms with Crippen molar-refractivity contribution in [3.05, 3.63) is 29.2 Å². The van der Waals surface area contributed by atoms with Crippen LogP contribution in [0.5, 0.6) is 0 Å². The van der Waals surface area contributed by atoms with Gasteiger partial charge in [0.1, 0.15) is 11.5 Å². The number of hydrogen-bond donors (Lipinski definition) is 4. The van der Waals surface area contributed by atoms with Crippen LogP contribution in [0.15, 0.2) is 12.1 Å². The molecule has 10 heteroatoms. The van der Waals surface area contributed by atoms with Gasteiger partial charge in [-0.2, -0.15) is 0 Å². The number of H-pyrrole nitrogens is 2. The van der Waals surface area contributed by atoms with Gasteiger partial charge in [0.25, 0.3) is 12.9 Å². The molecular weight excluding hydrogens is 400 g/mol. The van der Waals surface area contributed by atoms with E-state index in [1.165, 1.54) is 11.3 Å². The fourth-order valence-corrected chi connectivity index (χ4v) is 3.55. The lowest BCUT2D eigenvalue weighted by atomic mass is 10.1. The van der Waals surface area contributed by atoms with Crippen LogP contribution in [0.1, 0.15) is 24.0 Å². The molecule has 0 saturated carbocycles. The van der Waals surface area contributed by atoms with Gasteiger partial charge in [-0.15, -0.1) is 0 Å². The number of likely N-dealkylation sites (N-methyl/N-ethyl adjacent to an activating group) is 1. The number of nitrogens with zero attached hydrogens (tertiary/aromatic N) is 4. The van der Waals surface area contributed by atoms with Crippen LogP contribution in [0.4, 0.5) is 5.69 Å². The van der Waals surface area contributed by atoms with Crippen LogP contribution >= 0.6 is 0 Å². The summed E-state index contributed by atoms with van der Waals surface area (Å²) < 4.78 is 0. The number of aromatic amines is 2. The molecule has 10 nitrogen and oxygen atoms in total. The smallest absolute Gasteiger partial charge is 0.290 e. The lowest BCUT2D eigenvalue weighted by Gasteiger charge is -2.34. The normalized spacial score (nSPS) is 13.7. The molecule has 0 radical (unpaired) electrons. The van der Waals surface area contributed by atoms with E-state index in [1.807, 2.05) is 0 Å². The molecule has 0 bridgehead atoms. The molecule has 1 aliphatic heterocycles. The monoisotopic (exact) mass is 430 g/mol. The Kier molecular flexibility index (Phi) is 8.56. The highest BCUT2D eigenvalue weighted by molar-refractivity contribution is 5.85. The number of carboxylic acid groups (broad SMARTS) is 2. The number of aryl methyl sites for hydroxylation is 3. The largest absolute Gasteiger partial charge is 0.483 e. The van der Waals surface area contributed by atoms with E-state index in [0.717, 1.165) is 66.7 Å². The molecule has 0 aliphatic carbocycles. The van der Waals surface area contributed by atoms with E-state index in [9.17, 15) is 0 Å². The van der Waals surface area contributed by atoms with E-state index in [2.05, 4.69) is 64.7 Å². The van der Waals surface area contributed by atoms with Crippen LogP contribution in [0, 0.1) is 13.8 Å². The molecule has 0 spiro atoms. The van der Waals surface area contributed by atoms with E-state index in [0.29, 0.717) is 0 Å². The van der Waals surface area contributed by atoms with Crippen LogP contribution in [-0.2, 0) is 16.0 Å². The van der Waals surface area contributed by atoms with Crippen LogP contribution in [0.3, 0.4) is 0 Å². The summed E-state index contributed by atoms with van der Waals surface area (Å²) in [4.78, 5) is 37.9. The maximum absolute atomic E-state index is 8.36. The number of nitrogens with one attached hydrogen (secondary N) is 2. The van der Waals surface area contributed by atoms with Crippen molar-refractivity contribution < 1.29 is 19.8 Å². The maximum Gasteiger partial charge on any atom is 0.290 e. The quantitative estimate of drug-likeness (QED) is 0.464. The fourth-order valence-electron chi connectivity index (χ4n) is 3.55. The van der Waals surface area contributed by atoms with Crippen LogP contribution < -0.4 is 4.90 Å². The van der Waals surface area contributed by atoms with E-state index < -0.39 is 0 Å². The number of rotatable bonds is 3. The summed E-state index contributed by atoms with van der Waals surface area (Å²) in [6.07, 6.45) is 0.896. The molecule has 0 atom stereocenters. The number of benzene rings is 1. The molecule has 31 heavy (non-hydrogen) atoms. The Morgan fingerprint density at radius 3 is 2.19 bits per heavy atom. The van der Waals surface area contributed by atoms with Gasteiger partial charge in [-0.05, 0) is 38.6 Å². The van der Waals surface area contributed by atoms with Gasteiger partial charge >= 0.3 is 0 Å². The second-order valence-corrected chi connectivity index (χ2v) is 7.26. The second kappa shape index (κ2) is 11.1. The number of fused-ring (bicyclic) bond motifs is 1. The topological polar surface area (TPSA) is 138 Å². The zero-order valence-corrected chi connectivity index (χ0v) is 18.3. The highest BCUT2D eigenvalue weighted by atomic mass is 16.3. The minimum atomic E-state index is -0.250. The fraction of sp³-hybridized carbons (Fsp3) is 0.429. The van der Waals surface area contributed by atoms with Crippen molar-refractivity contribution in [2.45, 2.75) is 27.2 Å². The molecule has 2 aromatic heterocycles. The summed E-state index contributed by atoms with van der Waals surface area (Å²) >= 11 is 0. The molecule has 1 saturated heterocycles. The van der Waals surface area contributed by atoms with Gasteiger partial charge in [0.05, 0.1) is 11.0 Å². The van der Waals surface area contributed by atoms with Crippen LogP contribution in [-0.4, -0.2) is 81.2 Å². The Hall–Kier alpha value is -3.40. The highest BCUT2D eigenvalue weighted by Crippen LogP contribution is 2.28. The molecule has 3 heterocycles. The first-order chi connectivity index (χ1) is 14.9. The molecule has 1 aliphatic rings. The number of hydrogen-bond acceptors (Lipinski definition) is 6. The second-order valence-electron chi connectivity index (χ2n) is 7.26. The third-order valence-corrected chi connectivity index (χ3v) is 5.12. The molecule has 1 fully saturated rings. The van der Waals surface area contributed by atoms with Gasteiger partial charge in [0.2, 0.25) is 0 Å². The summed E-state index contributed by atoms with van der Waals surface area (Å²) in [5, 5.41) is 13.8. The average Bonchev–Trinajstić information content (AvgIpc) is 3.33. The van der Waals surface area contributed by atoms with Gasteiger partial charge in [-0.1, -0.05) is 6.92 Å². The zero-order chi connectivity index (χ0) is 23.0. The predicted molar refractivity (Wildman–Crippen MR) is 120 cm³/mol. The highest BCUT2D eigenvalue weighted by Gasteiger charge is 2.18. The molecule has 1 aromatic carbocycles. The molecular formula is C21H30N6O4. The minimum absolute atomic E-state index is 0.250. The van der Waals surface area contributed by atoms with E-state index in [-0.39, 0.29) is 12.9 Å². The maximum atomic E-state index is 8.36. The Labute approximate surface area is 180 Å². The Balaban J connectivity index is 0.000000513. The van der Waals surface area contributed by atoms with Crippen molar-refractivity contribution in [1.29, 1.82) is 0 Å². The molecule has 4 N–H and O–H groups in total. The lowest BCUT2D eigenvalue weighted by molar-refractivity contribution is -0.123. The van der Waals surface area contributed by atoms with Crippen LogP contribution in [0.2, 0.25) is 0 Å². The summed E-state index contributed by atoms with van der Waals surface area (Å²) in [5.41, 5.74) is 6.60. The lowest BCUT2D eigenvalue weighted by Crippen LogP contribution is -2.44. The van der Waals surface area contributed by atoms with E-state index >= 15 is 0 Å². The SMILES string of the molecule is CCc1nc(-c2nc3c(C)cc(N4CCN(C)CC4)cc3[nH]2)c(C)[nH]1.O=CO.O=CO. The first kappa shape index (κ1) is 23.9. The molecule has 0 unspecified atom stereocenters. The first-order valence-corrected chi connectivity index (χ1v) is 10.0. The van der Waals surface area contributed by atoms with Crippen molar-refractivity contribution >= 4 is 29.7 Å². The third-order valence-electron chi connectivity index (χ3n) is 5.12. The Morgan fingerprint density at radius 1 is 1.03 bits per heavy atom. The van der Waals surface area contributed by atoms with Gasteiger partial charge in [-0.3, -0.25) is 9.59 Å². The third kappa shape index (κ3) is 5.82. The first-order valence-electron chi connectivity index (χ1n) is 10.0. The van der Waals surface area contributed by atoms with Crippen molar-refractivity contribution in [3.8, 4) is 11.5 Å². The summed E-state index contributed by atoms with van der Waals surface area (Å²) in [7, 11) is 2.18. The van der Waals surface area contributed by atoms with Crippen LogP contribution in [0.25, 0.3) is 22.6 Å². The molecule has 3 aromatic rings. The van der Waals surface area contributed by atoms with E-state index in [1.54, 1.807) is 0 Å². The number of anilines is 1. The van der Waals surface area contributed by atoms with Gasteiger partial charge in [-0.25, -0.2) is 9.97 Å². The minimum Gasteiger partial charge on any atom is -0.483 e. The Morgan fingerprint density at radius 2 is 1.65 bits per heavy atom. The average molecular weight is 431 g/mol. The predicted octanol–water partition coefficient (Wildman–Crippen LogP) is 2.29. The number of imidazole rings is 2. The summed E-state index contributed by atoms with van der Waals surface area (Å²) in [6.45, 7) is 10.2. The standard InChI is InChI=1S/C19H26N6.2CH2O2/c1-5-16-20-13(3)18(22-16)19-21-15-11-14(10-12(2)17(15)23-19)25-8-6-24(4)7-9-25;2*2-1-3/h10-11H,5-9H2,1-4H3,(H,20,22)(H,21,23);2*1H,(H,2,3). The van der Waals surface area contributed by atoms with Crippen molar-refractivity contribution in [2.24, 2.45) is 0 Å². The van der Waals surface area contributed by atoms with Crippen molar-refractivity contribution in [3.63, 3.8) is 0 Å². The zero-order valence-electron chi connectivity index (χ0n) is 18.3. The number of aromatic nitrogens is 4. The van der Waals surface area contributed by atoms with Gasteiger partial charge < -0.3 is 30.0 Å². The Bertz CT molecular complexity index is 999. The number of carbonyl (C=O) groups is 2.